The molecular weight excluding hydrogens is 304 g/mol. The van der Waals surface area contributed by atoms with Gasteiger partial charge < -0.3 is 14.7 Å². The number of rotatable bonds is 3. The van der Waals surface area contributed by atoms with E-state index in [1.54, 1.807) is 12.1 Å². The van der Waals surface area contributed by atoms with Crippen LogP contribution >= 0.6 is 0 Å². The standard InChI is InChI=1S/C18H18N4O2/c23-16-9-5-4-8-15(16)17-19-20-18(21-10-12-24-13-11-21)22(17)14-6-2-1-3-7-14/h1-9,23H,10-13H2. The van der Waals surface area contributed by atoms with Gasteiger partial charge in [-0.1, -0.05) is 30.3 Å². The van der Waals surface area contributed by atoms with Gasteiger partial charge in [0.15, 0.2) is 5.82 Å². The average Bonchev–Trinajstić information content (AvgIpc) is 3.08. The van der Waals surface area contributed by atoms with Crippen molar-refractivity contribution in [2.45, 2.75) is 0 Å². The molecule has 2 heterocycles. The number of phenolic OH excluding ortho intramolecular Hbond substituents is 1. The van der Waals surface area contributed by atoms with E-state index in [-0.39, 0.29) is 5.75 Å². The van der Waals surface area contributed by atoms with Crippen molar-refractivity contribution in [3.05, 3.63) is 54.6 Å². The number of morpholine rings is 1. The predicted octanol–water partition coefficient (Wildman–Crippen LogP) is 2.48. The zero-order valence-corrected chi connectivity index (χ0v) is 13.2. The Morgan fingerprint density at radius 2 is 1.58 bits per heavy atom. The van der Waals surface area contributed by atoms with Gasteiger partial charge in [0.05, 0.1) is 24.5 Å². The van der Waals surface area contributed by atoms with Gasteiger partial charge in [0.25, 0.3) is 0 Å². The average molecular weight is 322 g/mol. The molecule has 0 atom stereocenters. The van der Waals surface area contributed by atoms with E-state index in [1.165, 1.54) is 0 Å². The van der Waals surface area contributed by atoms with Crippen LogP contribution < -0.4 is 4.90 Å². The third-order valence-electron chi connectivity index (χ3n) is 4.10. The number of nitrogens with zero attached hydrogens (tertiary/aromatic N) is 4. The Morgan fingerprint density at radius 1 is 0.875 bits per heavy atom. The second-order valence-corrected chi connectivity index (χ2v) is 5.61. The first kappa shape index (κ1) is 14.7. The van der Waals surface area contributed by atoms with Crippen molar-refractivity contribution in [3.8, 4) is 22.8 Å². The van der Waals surface area contributed by atoms with Crippen LogP contribution in [0.4, 0.5) is 5.95 Å². The lowest BCUT2D eigenvalue weighted by Crippen LogP contribution is -2.37. The van der Waals surface area contributed by atoms with Gasteiger partial charge >= 0.3 is 0 Å². The van der Waals surface area contributed by atoms with Gasteiger partial charge in [0.2, 0.25) is 5.95 Å². The summed E-state index contributed by atoms with van der Waals surface area (Å²) < 4.78 is 7.42. The van der Waals surface area contributed by atoms with Crippen LogP contribution in [0.3, 0.4) is 0 Å². The molecule has 1 aromatic heterocycles. The minimum atomic E-state index is 0.190. The van der Waals surface area contributed by atoms with Gasteiger partial charge in [-0.2, -0.15) is 0 Å². The number of aromatic hydroxyl groups is 1. The monoisotopic (exact) mass is 322 g/mol. The SMILES string of the molecule is Oc1ccccc1-c1nnc(N2CCOCC2)n1-c1ccccc1. The Balaban J connectivity index is 1.88. The van der Waals surface area contributed by atoms with Gasteiger partial charge in [0.1, 0.15) is 5.75 Å². The minimum Gasteiger partial charge on any atom is -0.507 e. The Labute approximate surface area is 139 Å². The van der Waals surface area contributed by atoms with Crippen LogP contribution in [0.1, 0.15) is 0 Å². The summed E-state index contributed by atoms with van der Waals surface area (Å²) >= 11 is 0. The summed E-state index contributed by atoms with van der Waals surface area (Å²) in [6.07, 6.45) is 0. The molecule has 1 fully saturated rings. The molecule has 1 N–H and O–H groups in total. The molecule has 4 rings (SSSR count). The molecule has 0 aliphatic carbocycles. The number of phenols is 1. The molecule has 1 aliphatic heterocycles. The molecule has 24 heavy (non-hydrogen) atoms. The second kappa shape index (κ2) is 6.33. The van der Waals surface area contributed by atoms with Gasteiger partial charge in [-0.05, 0) is 24.3 Å². The first-order valence-electron chi connectivity index (χ1n) is 7.96. The zero-order valence-electron chi connectivity index (χ0n) is 13.2. The summed E-state index contributed by atoms with van der Waals surface area (Å²) in [7, 11) is 0. The fourth-order valence-corrected chi connectivity index (χ4v) is 2.90. The number of ether oxygens (including phenoxy) is 1. The van der Waals surface area contributed by atoms with E-state index in [9.17, 15) is 5.11 Å². The fourth-order valence-electron chi connectivity index (χ4n) is 2.90. The summed E-state index contributed by atoms with van der Waals surface area (Å²) in [6, 6.07) is 17.1. The summed E-state index contributed by atoms with van der Waals surface area (Å²) in [5.74, 6) is 1.58. The van der Waals surface area contributed by atoms with E-state index in [2.05, 4.69) is 15.1 Å². The van der Waals surface area contributed by atoms with Crippen molar-refractivity contribution < 1.29 is 9.84 Å². The van der Waals surface area contributed by atoms with Gasteiger partial charge in [-0.15, -0.1) is 10.2 Å². The first-order chi connectivity index (χ1) is 11.8. The normalized spacial score (nSPS) is 14.8. The lowest BCUT2D eigenvalue weighted by Gasteiger charge is -2.28. The van der Waals surface area contributed by atoms with Crippen molar-refractivity contribution in [2.75, 3.05) is 31.2 Å². The molecule has 6 nitrogen and oxygen atoms in total. The van der Waals surface area contributed by atoms with Gasteiger partial charge in [-0.3, -0.25) is 4.57 Å². The van der Waals surface area contributed by atoms with Crippen molar-refractivity contribution in [1.82, 2.24) is 14.8 Å². The third kappa shape index (κ3) is 2.61. The topological polar surface area (TPSA) is 63.4 Å². The number of para-hydroxylation sites is 2. The molecule has 0 amide bonds. The Hall–Kier alpha value is -2.86. The van der Waals surface area contributed by atoms with Crippen molar-refractivity contribution in [1.29, 1.82) is 0 Å². The Morgan fingerprint density at radius 3 is 2.33 bits per heavy atom. The summed E-state index contributed by atoms with van der Waals surface area (Å²) in [6.45, 7) is 2.89. The minimum absolute atomic E-state index is 0.190. The van der Waals surface area contributed by atoms with E-state index in [1.807, 2.05) is 47.0 Å². The third-order valence-corrected chi connectivity index (χ3v) is 4.10. The van der Waals surface area contributed by atoms with Crippen molar-refractivity contribution >= 4 is 5.95 Å². The fraction of sp³-hybridized carbons (Fsp3) is 0.222. The zero-order chi connectivity index (χ0) is 16.4. The Kier molecular flexibility index (Phi) is 3.88. The largest absolute Gasteiger partial charge is 0.507 e. The highest BCUT2D eigenvalue weighted by molar-refractivity contribution is 5.68. The van der Waals surface area contributed by atoms with Crippen LogP contribution in [0.25, 0.3) is 17.1 Å². The quantitative estimate of drug-likeness (QED) is 0.802. The highest BCUT2D eigenvalue weighted by Crippen LogP contribution is 2.32. The van der Waals surface area contributed by atoms with Crippen LogP contribution in [0.5, 0.6) is 5.75 Å². The molecule has 0 radical (unpaired) electrons. The lowest BCUT2D eigenvalue weighted by atomic mass is 10.2. The van der Waals surface area contributed by atoms with Gasteiger partial charge in [0, 0.05) is 13.1 Å². The first-order valence-corrected chi connectivity index (χ1v) is 7.96. The van der Waals surface area contributed by atoms with E-state index < -0.39 is 0 Å². The molecule has 0 spiro atoms. The smallest absolute Gasteiger partial charge is 0.232 e. The summed E-state index contributed by atoms with van der Waals surface area (Å²) in [4.78, 5) is 2.16. The van der Waals surface area contributed by atoms with Crippen LogP contribution in [0.15, 0.2) is 54.6 Å². The van der Waals surface area contributed by atoms with Gasteiger partial charge in [-0.25, -0.2) is 0 Å². The van der Waals surface area contributed by atoms with E-state index in [0.29, 0.717) is 24.6 Å². The van der Waals surface area contributed by atoms with Crippen LogP contribution in [-0.2, 0) is 4.74 Å². The maximum Gasteiger partial charge on any atom is 0.232 e. The maximum atomic E-state index is 10.2. The van der Waals surface area contributed by atoms with Crippen molar-refractivity contribution in [3.63, 3.8) is 0 Å². The summed E-state index contributed by atoms with van der Waals surface area (Å²) in [5, 5.41) is 19.0. The highest BCUT2D eigenvalue weighted by atomic mass is 16.5. The number of hydrogen-bond donors (Lipinski definition) is 1. The maximum absolute atomic E-state index is 10.2. The molecule has 0 saturated carbocycles. The van der Waals surface area contributed by atoms with E-state index in [0.717, 1.165) is 24.7 Å². The molecule has 2 aromatic carbocycles. The van der Waals surface area contributed by atoms with E-state index in [4.69, 9.17) is 4.74 Å². The molecule has 6 heteroatoms. The van der Waals surface area contributed by atoms with Crippen LogP contribution in [0.2, 0.25) is 0 Å². The number of benzene rings is 2. The van der Waals surface area contributed by atoms with Crippen molar-refractivity contribution in [2.24, 2.45) is 0 Å². The van der Waals surface area contributed by atoms with Crippen LogP contribution in [0, 0.1) is 0 Å². The number of anilines is 1. The number of aromatic nitrogens is 3. The van der Waals surface area contributed by atoms with Crippen LogP contribution in [-0.4, -0.2) is 46.2 Å². The molecular formula is C18H18N4O2. The lowest BCUT2D eigenvalue weighted by molar-refractivity contribution is 0.122. The molecule has 1 aliphatic rings. The highest BCUT2D eigenvalue weighted by Gasteiger charge is 2.23. The molecule has 0 bridgehead atoms. The number of hydrogen-bond acceptors (Lipinski definition) is 5. The molecule has 1 saturated heterocycles. The molecule has 0 unspecified atom stereocenters. The predicted molar refractivity (Wildman–Crippen MR) is 91.5 cm³/mol. The van der Waals surface area contributed by atoms with E-state index >= 15 is 0 Å². The molecule has 3 aromatic rings. The molecule has 122 valence electrons. The Bertz CT molecular complexity index is 826. The summed E-state index contributed by atoms with van der Waals surface area (Å²) in [5.41, 5.74) is 1.62. The second-order valence-electron chi connectivity index (χ2n) is 5.61.